The molecule has 0 fully saturated rings. The number of Topliss-reactive ketones (excluding diaryl/α,β-unsaturated/α-hetero) is 3. The number of benzene rings is 2. The number of phenols is 1. The van der Waals surface area contributed by atoms with E-state index in [0.717, 1.165) is 12.5 Å². The molecule has 4 N–H and O–H groups in total. The molecule has 8 nitrogen and oxygen atoms in total. The second-order valence-electron chi connectivity index (χ2n) is 12.4. The first-order valence-corrected chi connectivity index (χ1v) is 13.9. The smallest absolute Gasteiger partial charge is 0.209 e. The molecular formula is C33H36O8. The summed E-state index contributed by atoms with van der Waals surface area (Å²) in [7, 11) is 0. The summed E-state index contributed by atoms with van der Waals surface area (Å²) < 4.78 is 5.85. The number of fused-ring (bicyclic) bond motifs is 3. The van der Waals surface area contributed by atoms with Crippen LogP contribution in [0.2, 0.25) is 0 Å². The molecule has 0 aromatic heterocycles. The molecule has 216 valence electrons. The molecule has 0 spiro atoms. The van der Waals surface area contributed by atoms with Crippen LogP contribution in [0.3, 0.4) is 0 Å². The van der Waals surface area contributed by atoms with Gasteiger partial charge in [-0.05, 0) is 55.9 Å². The van der Waals surface area contributed by atoms with Crippen LogP contribution in [0.15, 0.2) is 59.1 Å². The van der Waals surface area contributed by atoms with Crippen LogP contribution in [0.4, 0.5) is 0 Å². The van der Waals surface area contributed by atoms with Gasteiger partial charge in [-0.25, -0.2) is 0 Å². The van der Waals surface area contributed by atoms with Gasteiger partial charge >= 0.3 is 0 Å². The lowest BCUT2D eigenvalue weighted by molar-refractivity contribution is -0.171. The standard InChI is InChI=1S/C33H36O8/c1-7-41-22-11-9-8-10-19(22)18-12-13-21(35)24-20(18)14-31(5)15-32(6)25(16(2)3)27(36)23(17(4)34)29(38)33(32,40)30(39)26(31)28(24)37/h8-13,16,25,35-36,39-40H,7,14-15H2,1-6H3/t25?,31-,32-,33+/m1/s1. The third kappa shape index (κ3) is 3.66. The lowest BCUT2D eigenvalue weighted by atomic mass is 9.44. The molecule has 5 rings (SSSR count). The normalized spacial score (nSPS) is 29.3. The van der Waals surface area contributed by atoms with Gasteiger partial charge in [-0.15, -0.1) is 0 Å². The molecule has 8 heteroatoms. The predicted molar refractivity (Wildman–Crippen MR) is 152 cm³/mol. The van der Waals surface area contributed by atoms with E-state index >= 15 is 0 Å². The van der Waals surface area contributed by atoms with E-state index in [1.54, 1.807) is 33.8 Å². The number of ether oxygens (including phenoxy) is 1. The molecule has 3 aliphatic rings. The minimum Gasteiger partial charge on any atom is -0.511 e. The fourth-order valence-corrected chi connectivity index (χ4v) is 7.96. The van der Waals surface area contributed by atoms with E-state index in [2.05, 4.69) is 0 Å². The van der Waals surface area contributed by atoms with E-state index in [9.17, 15) is 34.8 Å². The molecular weight excluding hydrogens is 524 g/mol. The van der Waals surface area contributed by atoms with Gasteiger partial charge in [-0.3, -0.25) is 14.4 Å². The van der Waals surface area contributed by atoms with Crippen LogP contribution >= 0.6 is 0 Å². The van der Waals surface area contributed by atoms with Gasteiger partial charge in [0.2, 0.25) is 5.78 Å². The summed E-state index contributed by atoms with van der Waals surface area (Å²) in [6.07, 6.45) is 0.222. The van der Waals surface area contributed by atoms with Crippen molar-refractivity contribution < 1.29 is 39.5 Å². The van der Waals surface area contributed by atoms with Crippen molar-refractivity contribution in [3.05, 3.63) is 70.2 Å². The van der Waals surface area contributed by atoms with Gasteiger partial charge in [0.25, 0.3) is 0 Å². The number of ketones is 3. The topological polar surface area (TPSA) is 141 Å². The Morgan fingerprint density at radius 3 is 2.32 bits per heavy atom. The highest BCUT2D eigenvalue weighted by Gasteiger charge is 2.71. The van der Waals surface area contributed by atoms with E-state index < -0.39 is 56.8 Å². The van der Waals surface area contributed by atoms with Gasteiger partial charge in [0, 0.05) is 27.9 Å². The van der Waals surface area contributed by atoms with Crippen molar-refractivity contribution in [1.29, 1.82) is 0 Å². The molecule has 0 saturated carbocycles. The first-order chi connectivity index (χ1) is 19.2. The Morgan fingerprint density at radius 1 is 1.05 bits per heavy atom. The van der Waals surface area contributed by atoms with E-state index in [1.807, 2.05) is 31.2 Å². The van der Waals surface area contributed by atoms with E-state index in [-0.39, 0.29) is 35.6 Å². The molecule has 0 bridgehead atoms. The van der Waals surface area contributed by atoms with E-state index in [1.165, 1.54) is 6.07 Å². The second-order valence-corrected chi connectivity index (χ2v) is 12.4. The van der Waals surface area contributed by atoms with Crippen LogP contribution in [-0.2, 0) is 16.0 Å². The minimum atomic E-state index is -2.63. The number of allylic oxidation sites excluding steroid dienone is 2. The Labute approximate surface area is 239 Å². The maximum atomic E-state index is 14.2. The summed E-state index contributed by atoms with van der Waals surface area (Å²) in [5.41, 5.74) is -3.99. The molecule has 0 saturated heterocycles. The largest absolute Gasteiger partial charge is 0.511 e. The quantitative estimate of drug-likeness (QED) is 0.356. The van der Waals surface area contributed by atoms with Gasteiger partial charge < -0.3 is 25.2 Å². The SMILES string of the molecule is CCOc1ccccc1-c1ccc(O)c2c1C[C@]1(C)C[C@]3(C)C(C(C)C)C(O)=C(C(C)=O)C(=O)[C@]3(O)C(O)=C1C2=O. The van der Waals surface area contributed by atoms with Crippen LogP contribution in [0.5, 0.6) is 11.5 Å². The zero-order chi connectivity index (χ0) is 30.2. The zero-order valence-electron chi connectivity index (χ0n) is 24.2. The predicted octanol–water partition coefficient (Wildman–Crippen LogP) is 5.41. The fraction of sp³-hybridized carbons (Fsp3) is 0.424. The summed E-state index contributed by atoms with van der Waals surface area (Å²) in [4.78, 5) is 40.6. The van der Waals surface area contributed by atoms with Crippen molar-refractivity contribution in [2.45, 2.75) is 60.0 Å². The number of aliphatic hydroxyl groups is 3. The Hall–Kier alpha value is -3.91. The lowest BCUT2D eigenvalue weighted by Crippen LogP contribution is -2.67. The molecule has 2 aromatic rings. The van der Waals surface area contributed by atoms with Gasteiger partial charge in [0.05, 0.1) is 12.2 Å². The van der Waals surface area contributed by atoms with Crippen molar-refractivity contribution in [3.63, 3.8) is 0 Å². The van der Waals surface area contributed by atoms with Gasteiger partial charge in [-0.2, -0.15) is 0 Å². The highest BCUT2D eigenvalue weighted by Crippen LogP contribution is 2.65. The van der Waals surface area contributed by atoms with Crippen LogP contribution in [-0.4, -0.2) is 50.0 Å². The Balaban J connectivity index is 1.81. The average Bonchev–Trinajstić information content (AvgIpc) is 2.86. The third-order valence-electron chi connectivity index (χ3n) is 9.37. The summed E-state index contributed by atoms with van der Waals surface area (Å²) in [6.45, 7) is 10.4. The fourth-order valence-electron chi connectivity index (χ4n) is 7.96. The molecule has 41 heavy (non-hydrogen) atoms. The van der Waals surface area contributed by atoms with Crippen molar-refractivity contribution in [2.24, 2.45) is 22.7 Å². The monoisotopic (exact) mass is 560 g/mol. The summed E-state index contributed by atoms with van der Waals surface area (Å²) in [5.74, 6) is -4.69. The highest BCUT2D eigenvalue weighted by molar-refractivity contribution is 6.25. The summed E-state index contributed by atoms with van der Waals surface area (Å²) >= 11 is 0. The number of hydrogen-bond acceptors (Lipinski definition) is 8. The number of para-hydroxylation sites is 1. The van der Waals surface area contributed by atoms with Gasteiger partial charge in [-0.1, -0.05) is 52.0 Å². The first kappa shape index (κ1) is 28.6. The molecule has 3 aliphatic carbocycles. The first-order valence-electron chi connectivity index (χ1n) is 13.9. The third-order valence-corrected chi connectivity index (χ3v) is 9.37. The molecule has 1 unspecified atom stereocenters. The Kier molecular flexibility index (Phi) is 6.50. The second kappa shape index (κ2) is 9.31. The zero-order valence-corrected chi connectivity index (χ0v) is 24.2. The molecule has 0 amide bonds. The molecule has 0 aliphatic heterocycles. The number of carbonyl (C=O) groups is 3. The summed E-state index contributed by atoms with van der Waals surface area (Å²) in [5, 5.41) is 46.2. The van der Waals surface area contributed by atoms with E-state index in [4.69, 9.17) is 4.74 Å². The van der Waals surface area contributed by atoms with Crippen LogP contribution < -0.4 is 4.74 Å². The van der Waals surface area contributed by atoms with Crippen LogP contribution in [0, 0.1) is 22.7 Å². The summed E-state index contributed by atoms with van der Waals surface area (Å²) in [6, 6.07) is 10.5. The van der Waals surface area contributed by atoms with Crippen molar-refractivity contribution in [2.75, 3.05) is 6.61 Å². The average molecular weight is 561 g/mol. The number of carbonyl (C=O) groups excluding carboxylic acids is 3. The van der Waals surface area contributed by atoms with Crippen LogP contribution in [0.25, 0.3) is 11.1 Å². The Bertz CT molecular complexity index is 1580. The van der Waals surface area contributed by atoms with E-state index in [0.29, 0.717) is 23.5 Å². The minimum absolute atomic E-state index is 0.0196. The number of aromatic hydroxyl groups is 1. The number of hydrogen-bond donors (Lipinski definition) is 4. The van der Waals surface area contributed by atoms with Crippen molar-refractivity contribution in [1.82, 2.24) is 0 Å². The number of rotatable bonds is 5. The Morgan fingerprint density at radius 2 is 1.71 bits per heavy atom. The number of phenolic OH excluding ortho intramolecular Hbond substituents is 1. The molecule has 0 radical (unpaired) electrons. The highest BCUT2D eigenvalue weighted by atomic mass is 16.5. The van der Waals surface area contributed by atoms with Crippen molar-refractivity contribution >= 4 is 17.3 Å². The number of aliphatic hydroxyl groups excluding tert-OH is 2. The lowest BCUT2D eigenvalue weighted by Gasteiger charge is -2.59. The van der Waals surface area contributed by atoms with Gasteiger partial charge in [0.1, 0.15) is 28.6 Å². The van der Waals surface area contributed by atoms with Crippen molar-refractivity contribution in [3.8, 4) is 22.6 Å². The maximum absolute atomic E-state index is 14.2. The van der Waals surface area contributed by atoms with Gasteiger partial charge in [0.15, 0.2) is 17.2 Å². The molecule has 0 heterocycles. The maximum Gasteiger partial charge on any atom is 0.209 e. The van der Waals surface area contributed by atoms with Crippen LogP contribution in [0.1, 0.15) is 63.9 Å². The molecule has 2 aromatic carbocycles. The molecule has 4 atom stereocenters.